The van der Waals surface area contributed by atoms with Gasteiger partial charge in [-0.15, -0.1) is 0 Å². The summed E-state index contributed by atoms with van der Waals surface area (Å²) < 4.78 is 10.5. The van der Waals surface area contributed by atoms with Crippen LogP contribution in [0.3, 0.4) is 0 Å². The quantitative estimate of drug-likeness (QED) is 0.730. The molecule has 0 unspecified atom stereocenters. The van der Waals surface area contributed by atoms with Crippen LogP contribution in [-0.4, -0.2) is 25.3 Å². The SMILES string of the molecule is COc1ccc(/C=C2/SC(=Nc3ccc(Cl)cc3Cl)NC2=O)c(OC)c1. The first kappa shape index (κ1) is 18.6. The monoisotopic (exact) mass is 408 g/mol. The lowest BCUT2D eigenvalue weighted by atomic mass is 10.1. The van der Waals surface area contributed by atoms with Crippen molar-refractivity contribution in [2.75, 3.05) is 14.2 Å². The van der Waals surface area contributed by atoms with Crippen LogP contribution in [0.4, 0.5) is 5.69 Å². The maximum atomic E-state index is 12.2. The van der Waals surface area contributed by atoms with E-state index in [4.69, 9.17) is 32.7 Å². The summed E-state index contributed by atoms with van der Waals surface area (Å²) in [5.74, 6) is 1.04. The van der Waals surface area contributed by atoms with Gasteiger partial charge >= 0.3 is 0 Å². The molecule has 0 aromatic heterocycles. The minimum atomic E-state index is -0.239. The topological polar surface area (TPSA) is 59.9 Å². The van der Waals surface area contributed by atoms with E-state index in [1.54, 1.807) is 50.6 Å². The van der Waals surface area contributed by atoms with E-state index in [9.17, 15) is 4.79 Å². The lowest BCUT2D eigenvalue weighted by molar-refractivity contribution is -0.115. The maximum Gasteiger partial charge on any atom is 0.264 e. The van der Waals surface area contributed by atoms with Crippen LogP contribution in [0.15, 0.2) is 46.3 Å². The van der Waals surface area contributed by atoms with Crippen LogP contribution in [0, 0.1) is 0 Å². The fourth-order valence-electron chi connectivity index (χ4n) is 2.24. The molecule has 5 nitrogen and oxygen atoms in total. The van der Waals surface area contributed by atoms with E-state index in [0.717, 1.165) is 5.56 Å². The standard InChI is InChI=1S/C18H14Cl2N2O3S/c1-24-12-5-3-10(15(9-12)25-2)7-16-17(23)22-18(26-16)21-14-6-4-11(19)8-13(14)20/h3-9H,1-2H3,(H,21,22,23)/b16-7+. The highest BCUT2D eigenvalue weighted by Crippen LogP contribution is 2.34. The predicted molar refractivity (Wildman–Crippen MR) is 107 cm³/mol. The zero-order valence-corrected chi connectivity index (χ0v) is 16.2. The van der Waals surface area contributed by atoms with Crippen molar-refractivity contribution < 1.29 is 14.3 Å². The van der Waals surface area contributed by atoms with Gasteiger partial charge in [-0.3, -0.25) is 4.79 Å². The molecule has 26 heavy (non-hydrogen) atoms. The minimum absolute atomic E-state index is 0.239. The first-order chi connectivity index (χ1) is 12.5. The molecule has 0 saturated carbocycles. The lowest BCUT2D eigenvalue weighted by Crippen LogP contribution is -2.19. The minimum Gasteiger partial charge on any atom is -0.497 e. The molecule has 8 heteroatoms. The molecular formula is C18H14Cl2N2O3S. The summed E-state index contributed by atoms with van der Waals surface area (Å²) in [4.78, 5) is 17.1. The molecule has 0 radical (unpaired) electrons. The number of nitrogens with one attached hydrogen (secondary N) is 1. The maximum absolute atomic E-state index is 12.2. The van der Waals surface area contributed by atoms with Crippen molar-refractivity contribution in [3.05, 3.63) is 56.9 Å². The highest BCUT2D eigenvalue weighted by Gasteiger charge is 2.24. The molecule has 1 aliphatic heterocycles. The largest absolute Gasteiger partial charge is 0.497 e. The summed E-state index contributed by atoms with van der Waals surface area (Å²) in [7, 11) is 3.14. The molecule has 3 rings (SSSR count). The number of ether oxygens (including phenoxy) is 2. The molecule has 1 N–H and O–H groups in total. The Morgan fingerprint density at radius 3 is 2.62 bits per heavy atom. The summed E-state index contributed by atoms with van der Waals surface area (Å²) in [6, 6.07) is 10.4. The van der Waals surface area contributed by atoms with Crippen molar-refractivity contribution in [1.29, 1.82) is 0 Å². The summed E-state index contributed by atoms with van der Waals surface area (Å²) in [5.41, 5.74) is 1.29. The third-order valence-electron chi connectivity index (χ3n) is 3.51. The second-order valence-corrected chi connectivity index (χ2v) is 7.06. The number of halogens is 2. The van der Waals surface area contributed by atoms with E-state index < -0.39 is 0 Å². The summed E-state index contributed by atoms with van der Waals surface area (Å²) >= 11 is 13.2. The highest BCUT2D eigenvalue weighted by molar-refractivity contribution is 8.18. The molecule has 2 aromatic rings. The van der Waals surface area contributed by atoms with Crippen LogP contribution in [0.25, 0.3) is 6.08 Å². The summed E-state index contributed by atoms with van der Waals surface area (Å²) in [6.07, 6.45) is 1.74. The Hall–Kier alpha value is -2.15. The summed E-state index contributed by atoms with van der Waals surface area (Å²) in [5, 5.41) is 4.10. The van der Waals surface area contributed by atoms with Crippen LogP contribution in [0.1, 0.15) is 5.56 Å². The van der Waals surface area contributed by atoms with E-state index in [0.29, 0.717) is 37.3 Å². The van der Waals surface area contributed by atoms with E-state index in [1.807, 2.05) is 6.07 Å². The molecule has 0 atom stereocenters. The Kier molecular flexibility index (Phi) is 5.76. The van der Waals surface area contributed by atoms with Crippen LogP contribution < -0.4 is 14.8 Å². The number of benzene rings is 2. The number of amides is 1. The first-order valence-electron chi connectivity index (χ1n) is 7.47. The van der Waals surface area contributed by atoms with Crippen molar-refractivity contribution in [3.63, 3.8) is 0 Å². The van der Waals surface area contributed by atoms with Crippen molar-refractivity contribution >= 4 is 57.8 Å². The number of carbonyl (C=O) groups is 1. The Balaban J connectivity index is 1.88. The highest BCUT2D eigenvalue weighted by atomic mass is 35.5. The van der Waals surface area contributed by atoms with Crippen molar-refractivity contribution in [2.45, 2.75) is 0 Å². The Labute approximate surface area is 165 Å². The Morgan fingerprint density at radius 1 is 1.12 bits per heavy atom. The van der Waals surface area contributed by atoms with Crippen molar-refractivity contribution in [1.82, 2.24) is 5.32 Å². The normalized spacial score (nSPS) is 16.8. The molecule has 1 saturated heterocycles. The molecule has 134 valence electrons. The molecule has 1 heterocycles. The number of hydrogen-bond acceptors (Lipinski definition) is 5. The van der Waals surface area contributed by atoms with Gasteiger partial charge in [-0.05, 0) is 48.2 Å². The fourth-order valence-corrected chi connectivity index (χ4v) is 3.52. The van der Waals surface area contributed by atoms with Gasteiger partial charge in [0.1, 0.15) is 11.5 Å². The first-order valence-corrected chi connectivity index (χ1v) is 9.04. The van der Waals surface area contributed by atoms with E-state index in [1.165, 1.54) is 11.8 Å². The van der Waals surface area contributed by atoms with Gasteiger partial charge < -0.3 is 14.8 Å². The number of rotatable bonds is 4. The van der Waals surface area contributed by atoms with Gasteiger partial charge in [0.05, 0.1) is 29.8 Å². The Morgan fingerprint density at radius 2 is 1.92 bits per heavy atom. The number of amidine groups is 1. The number of methoxy groups -OCH3 is 2. The van der Waals surface area contributed by atoms with E-state index >= 15 is 0 Å². The molecule has 1 fully saturated rings. The molecule has 2 aromatic carbocycles. The van der Waals surface area contributed by atoms with Crippen molar-refractivity contribution in [3.8, 4) is 11.5 Å². The van der Waals surface area contributed by atoms with Gasteiger partial charge in [-0.1, -0.05) is 23.2 Å². The van der Waals surface area contributed by atoms with E-state index in [2.05, 4.69) is 10.3 Å². The summed E-state index contributed by atoms with van der Waals surface area (Å²) in [6.45, 7) is 0. The van der Waals surface area contributed by atoms with Gasteiger partial charge in [-0.2, -0.15) is 0 Å². The average molecular weight is 409 g/mol. The van der Waals surface area contributed by atoms with E-state index in [-0.39, 0.29) is 5.91 Å². The molecular weight excluding hydrogens is 395 g/mol. The Bertz CT molecular complexity index is 929. The van der Waals surface area contributed by atoms with Gasteiger partial charge in [0.15, 0.2) is 5.17 Å². The zero-order chi connectivity index (χ0) is 18.7. The zero-order valence-electron chi connectivity index (χ0n) is 13.9. The third-order valence-corrected chi connectivity index (χ3v) is 4.96. The molecule has 0 bridgehead atoms. The number of aliphatic imine (C=N–C) groups is 1. The van der Waals surface area contributed by atoms with Gasteiger partial charge in [0, 0.05) is 16.7 Å². The molecule has 0 spiro atoms. The second-order valence-electron chi connectivity index (χ2n) is 5.19. The van der Waals surface area contributed by atoms with Gasteiger partial charge in [0.2, 0.25) is 0 Å². The number of carbonyl (C=O) groups excluding carboxylic acids is 1. The molecule has 1 amide bonds. The van der Waals surface area contributed by atoms with Crippen molar-refractivity contribution in [2.24, 2.45) is 4.99 Å². The molecule has 1 aliphatic rings. The smallest absolute Gasteiger partial charge is 0.264 e. The van der Waals surface area contributed by atoms with Crippen LogP contribution >= 0.6 is 35.0 Å². The fraction of sp³-hybridized carbons (Fsp3) is 0.111. The number of hydrogen-bond donors (Lipinski definition) is 1. The second kappa shape index (κ2) is 8.03. The third kappa shape index (κ3) is 4.15. The number of nitrogens with zero attached hydrogens (tertiary/aromatic N) is 1. The van der Waals surface area contributed by atoms with Crippen LogP contribution in [-0.2, 0) is 4.79 Å². The van der Waals surface area contributed by atoms with Gasteiger partial charge in [0.25, 0.3) is 5.91 Å². The van der Waals surface area contributed by atoms with Crippen LogP contribution in [0.2, 0.25) is 10.0 Å². The lowest BCUT2D eigenvalue weighted by Gasteiger charge is -2.07. The predicted octanol–water partition coefficient (Wildman–Crippen LogP) is 4.90. The number of thioether (sulfide) groups is 1. The average Bonchev–Trinajstić information content (AvgIpc) is 2.97. The van der Waals surface area contributed by atoms with Crippen LogP contribution in [0.5, 0.6) is 11.5 Å². The van der Waals surface area contributed by atoms with Gasteiger partial charge in [-0.25, -0.2) is 4.99 Å². The molecule has 0 aliphatic carbocycles.